The molecule has 0 fully saturated rings. The van der Waals surface area contributed by atoms with Gasteiger partial charge < -0.3 is 10.1 Å². The predicted octanol–water partition coefficient (Wildman–Crippen LogP) is 2.62. The lowest BCUT2D eigenvalue weighted by molar-refractivity contribution is -0.384. The van der Waals surface area contributed by atoms with E-state index in [1.807, 2.05) is 6.92 Å². The van der Waals surface area contributed by atoms with E-state index in [2.05, 4.69) is 5.32 Å². The van der Waals surface area contributed by atoms with Gasteiger partial charge in [-0.05, 0) is 32.0 Å². The summed E-state index contributed by atoms with van der Waals surface area (Å²) >= 11 is 1.56. The van der Waals surface area contributed by atoms with Crippen LogP contribution in [0.2, 0.25) is 0 Å². The van der Waals surface area contributed by atoms with E-state index in [9.17, 15) is 14.9 Å². The summed E-state index contributed by atoms with van der Waals surface area (Å²) in [5.74, 6) is 0.498. The van der Waals surface area contributed by atoms with Crippen LogP contribution in [0.1, 0.15) is 20.3 Å². The number of hydrogen-bond acceptors (Lipinski definition) is 6. The molecule has 6 nitrogen and oxygen atoms in total. The minimum Gasteiger partial charge on any atom is -0.465 e. The molecule has 1 aromatic carbocycles. The molecular weight excluding hydrogens is 292 g/mol. The Labute approximate surface area is 128 Å². The lowest BCUT2D eigenvalue weighted by Crippen LogP contribution is -2.38. The molecule has 0 saturated carbocycles. The SMILES string of the molecule is CCNC(CCSc1ccc([N+](=O)[O-])cc1)C(=O)OCC. The highest BCUT2D eigenvalue weighted by molar-refractivity contribution is 7.99. The Morgan fingerprint density at radius 3 is 2.57 bits per heavy atom. The summed E-state index contributed by atoms with van der Waals surface area (Å²) in [5, 5.41) is 13.7. The smallest absolute Gasteiger partial charge is 0.323 e. The zero-order chi connectivity index (χ0) is 15.7. The minimum absolute atomic E-state index is 0.0800. The summed E-state index contributed by atoms with van der Waals surface area (Å²) < 4.78 is 5.02. The van der Waals surface area contributed by atoms with Crippen LogP contribution < -0.4 is 5.32 Å². The van der Waals surface area contributed by atoms with E-state index >= 15 is 0 Å². The molecule has 1 N–H and O–H groups in total. The molecule has 0 aliphatic heterocycles. The van der Waals surface area contributed by atoms with Crippen LogP contribution in [-0.4, -0.2) is 35.8 Å². The first kappa shape index (κ1) is 17.5. The topological polar surface area (TPSA) is 81.5 Å². The number of nitro groups is 1. The average molecular weight is 312 g/mol. The Morgan fingerprint density at radius 2 is 2.05 bits per heavy atom. The van der Waals surface area contributed by atoms with Crippen molar-refractivity contribution in [1.29, 1.82) is 0 Å². The standard InChI is InChI=1S/C14H20N2O4S/c1-3-15-13(14(17)20-4-2)9-10-21-12-7-5-11(6-8-12)16(18)19/h5-8,13,15H,3-4,9-10H2,1-2H3. The molecule has 116 valence electrons. The molecule has 1 aromatic rings. The molecular formula is C14H20N2O4S. The van der Waals surface area contributed by atoms with Crippen molar-refractivity contribution in [3.63, 3.8) is 0 Å². The second-order valence-corrected chi connectivity index (χ2v) is 5.42. The van der Waals surface area contributed by atoms with Gasteiger partial charge in [0.25, 0.3) is 5.69 Å². The highest BCUT2D eigenvalue weighted by Crippen LogP contribution is 2.22. The Hall–Kier alpha value is -1.60. The van der Waals surface area contributed by atoms with E-state index in [4.69, 9.17) is 4.74 Å². The fraction of sp³-hybridized carbons (Fsp3) is 0.500. The first-order chi connectivity index (χ1) is 10.1. The van der Waals surface area contributed by atoms with Crippen molar-refractivity contribution in [1.82, 2.24) is 5.32 Å². The van der Waals surface area contributed by atoms with Gasteiger partial charge >= 0.3 is 5.97 Å². The van der Waals surface area contributed by atoms with E-state index in [-0.39, 0.29) is 17.7 Å². The van der Waals surface area contributed by atoms with Gasteiger partial charge in [-0.3, -0.25) is 14.9 Å². The summed E-state index contributed by atoms with van der Waals surface area (Å²) in [6.45, 7) is 4.80. The number of esters is 1. The largest absolute Gasteiger partial charge is 0.465 e. The molecule has 0 aliphatic rings. The minimum atomic E-state index is -0.420. The van der Waals surface area contributed by atoms with Gasteiger partial charge in [0.2, 0.25) is 0 Å². The van der Waals surface area contributed by atoms with Crippen LogP contribution in [0.25, 0.3) is 0 Å². The number of benzene rings is 1. The summed E-state index contributed by atoms with van der Waals surface area (Å²) in [6, 6.07) is 6.09. The summed E-state index contributed by atoms with van der Waals surface area (Å²) in [5.41, 5.74) is 0.0800. The number of thioether (sulfide) groups is 1. The highest BCUT2D eigenvalue weighted by Gasteiger charge is 2.18. The molecule has 0 aliphatic carbocycles. The number of hydrogen-bond donors (Lipinski definition) is 1. The van der Waals surface area contributed by atoms with Gasteiger partial charge in [-0.15, -0.1) is 11.8 Å². The van der Waals surface area contributed by atoms with Crippen molar-refractivity contribution in [2.24, 2.45) is 0 Å². The van der Waals surface area contributed by atoms with Crippen LogP contribution in [0.15, 0.2) is 29.2 Å². The molecule has 1 atom stereocenters. The molecule has 1 unspecified atom stereocenters. The zero-order valence-corrected chi connectivity index (χ0v) is 13.0. The first-order valence-corrected chi connectivity index (χ1v) is 7.84. The Morgan fingerprint density at radius 1 is 1.38 bits per heavy atom. The van der Waals surface area contributed by atoms with E-state index in [0.717, 1.165) is 10.6 Å². The van der Waals surface area contributed by atoms with E-state index < -0.39 is 4.92 Å². The summed E-state index contributed by atoms with van der Waals surface area (Å²) in [6.07, 6.45) is 0.647. The van der Waals surface area contributed by atoms with E-state index in [0.29, 0.717) is 19.6 Å². The normalized spacial score (nSPS) is 11.9. The lowest BCUT2D eigenvalue weighted by Gasteiger charge is -2.15. The maximum Gasteiger partial charge on any atom is 0.323 e. The van der Waals surface area contributed by atoms with Crippen molar-refractivity contribution in [2.75, 3.05) is 18.9 Å². The lowest BCUT2D eigenvalue weighted by atomic mass is 10.2. The molecule has 0 heterocycles. The summed E-state index contributed by atoms with van der Waals surface area (Å²) in [7, 11) is 0. The van der Waals surface area contributed by atoms with Crippen LogP contribution in [0, 0.1) is 10.1 Å². The second kappa shape index (κ2) is 9.36. The molecule has 7 heteroatoms. The van der Waals surface area contributed by atoms with Crippen LogP contribution in [-0.2, 0) is 9.53 Å². The molecule has 1 rings (SSSR count). The number of likely N-dealkylation sites (N-methyl/N-ethyl adjacent to an activating group) is 1. The predicted molar refractivity (Wildman–Crippen MR) is 82.5 cm³/mol. The van der Waals surface area contributed by atoms with Crippen molar-refractivity contribution in [2.45, 2.75) is 31.2 Å². The van der Waals surface area contributed by atoms with E-state index in [1.165, 1.54) is 12.1 Å². The number of carbonyl (C=O) groups is 1. The molecule has 0 amide bonds. The van der Waals surface area contributed by atoms with E-state index in [1.54, 1.807) is 30.8 Å². The number of nitrogens with zero attached hydrogens (tertiary/aromatic N) is 1. The fourth-order valence-corrected chi connectivity index (χ4v) is 2.67. The van der Waals surface area contributed by atoms with Gasteiger partial charge in [0.1, 0.15) is 6.04 Å². The fourth-order valence-electron chi connectivity index (χ4n) is 1.75. The Bertz CT molecular complexity index is 465. The highest BCUT2D eigenvalue weighted by atomic mass is 32.2. The van der Waals surface area contributed by atoms with Crippen LogP contribution in [0.4, 0.5) is 5.69 Å². The number of carbonyl (C=O) groups excluding carboxylic acids is 1. The van der Waals surface area contributed by atoms with Crippen molar-refractivity contribution < 1.29 is 14.5 Å². The van der Waals surface area contributed by atoms with Gasteiger partial charge in [-0.1, -0.05) is 6.92 Å². The van der Waals surface area contributed by atoms with Crippen molar-refractivity contribution in [3.8, 4) is 0 Å². The van der Waals surface area contributed by atoms with Gasteiger partial charge in [0.15, 0.2) is 0 Å². The molecule has 0 spiro atoms. The van der Waals surface area contributed by atoms with Crippen LogP contribution in [0.3, 0.4) is 0 Å². The van der Waals surface area contributed by atoms with Gasteiger partial charge in [0.05, 0.1) is 11.5 Å². The molecule has 0 radical (unpaired) electrons. The van der Waals surface area contributed by atoms with Crippen LogP contribution in [0.5, 0.6) is 0 Å². The average Bonchev–Trinajstić information content (AvgIpc) is 2.47. The molecule has 0 aromatic heterocycles. The zero-order valence-electron chi connectivity index (χ0n) is 12.2. The van der Waals surface area contributed by atoms with Crippen LogP contribution >= 0.6 is 11.8 Å². The molecule has 21 heavy (non-hydrogen) atoms. The quantitative estimate of drug-likeness (QED) is 0.327. The molecule has 0 saturated heterocycles. The van der Waals surface area contributed by atoms with Crippen molar-refractivity contribution >= 4 is 23.4 Å². The van der Waals surface area contributed by atoms with Crippen molar-refractivity contribution in [3.05, 3.63) is 34.4 Å². The Kier molecular flexibility index (Phi) is 7.78. The monoisotopic (exact) mass is 312 g/mol. The van der Waals surface area contributed by atoms with Gasteiger partial charge in [-0.2, -0.15) is 0 Å². The number of ether oxygens (including phenoxy) is 1. The van der Waals surface area contributed by atoms with Gasteiger partial charge in [-0.25, -0.2) is 0 Å². The third kappa shape index (κ3) is 6.14. The first-order valence-electron chi connectivity index (χ1n) is 6.85. The maximum atomic E-state index is 11.7. The third-order valence-corrected chi connectivity index (χ3v) is 3.79. The third-order valence-electron chi connectivity index (χ3n) is 2.74. The summed E-state index contributed by atoms with van der Waals surface area (Å²) in [4.78, 5) is 22.8. The number of rotatable bonds is 9. The number of nitrogens with one attached hydrogen (secondary N) is 1. The second-order valence-electron chi connectivity index (χ2n) is 4.25. The maximum absolute atomic E-state index is 11.7. The van der Waals surface area contributed by atoms with Gasteiger partial charge in [0, 0.05) is 22.8 Å². The Balaban J connectivity index is 2.45. The number of nitro benzene ring substituents is 1. The molecule has 0 bridgehead atoms. The number of non-ortho nitro benzene ring substituents is 1.